The van der Waals surface area contributed by atoms with E-state index in [9.17, 15) is 9.59 Å². The number of amides is 2. The Kier molecular flexibility index (Phi) is 4.63. The molecule has 3 N–H and O–H groups in total. The summed E-state index contributed by atoms with van der Waals surface area (Å²) >= 11 is 0. The lowest BCUT2D eigenvalue weighted by Crippen LogP contribution is -2.34. The second-order valence-corrected chi connectivity index (χ2v) is 5.79. The summed E-state index contributed by atoms with van der Waals surface area (Å²) in [6, 6.07) is 5.43. The largest absolute Gasteiger partial charge is 0.327 e. The molecule has 5 nitrogen and oxygen atoms in total. The molecular weight excluding hydrogens is 266 g/mol. The van der Waals surface area contributed by atoms with E-state index in [0.29, 0.717) is 6.42 Å². The molecule has 2 unspecified atom stereocenters. The van der Waals surface area contributed by atoms with Crippen LogP contribution in [0.25, 0.3) is 0 Å². The third-order valence-electron chi connectivity index (χ3n) is 4.03. The number of carbonyl (C=O) groups is 2. The van der Waals surface area contributed by atoms with E-state index in [1.807, 2.05) is 43.9 Å². The lowest BCUT2D eigenvalue weighted by atomic mass is 10.0. The van der Waals surface area contributed by atoms with Crippen molar-refractivity contribution in [1.82, 2.24) is 0 Å². The molecule has 2 atom stereocenters. The number of nitrogens with one attached hydrogen (secondary N) is 1. The highest BCUT2D eigenvalue weighted by atomic mass is 16.2. The molecule has 114 valence electrons. The van der Waals surface area contributed by atoms with E-state index in [1.54, 1.807) is 0 Å². The number of nitrogens with two attached hydrogens (primary N) is 1. The zero-order chi connectivity index (χ0) is 15.6. The Bertz CT molecular complexity index is 554. The minimum Gasteiger partial charge on any atom is -0.327 e. The van der Waals surface area contributed by atoms with Gasteiger partial charge >= 0.3 is 0 Å². The van der Waals surface area contributed by atoms with E-state index in [1.165, 1.54) is 0 Å². The summed E-state index contributed by atoms with van der Waals surface area (Å²) in [5.41, 5.74) is 8.38. The van der Waals surface area contributed by atoms with Crippen molar-refractivity contribution >= 4 is 23.2 Å². The fourth-order valence-electron chi connectivity index (χ4n) is 2.43. The Balaban J connectivity index is 2.12. The van der Waals surface area contributed by atoms with Crippen LogP contribution in [0.3, 0.4) is 0 Å². The Hall–Kier alpha value is -1.88. The van der Waals surface area contributed by atoms with Gasteiger partial charge in [0.2, 0.25) is 11.8 Å². The smallest absolute Gasteiger partial charge is 0.228 e. The van der Waals surface area contributed by atoms with Gasteiger partial charge in [0.15, 0.2) is 0 Å². The van der Waals surface area contributed by atoms with E-state index in [4.69, 9.17) is 5.73 Å². The minimum atomic E-state index is -0.245. The molecule has 1 aromatic rings. The maximum Gasteiger partial charge on any atom is 0.228 e. The van der Waals surface area contributed by atoms with Crippen LogP contribution in [0.15, 0.2) is 18.2 Å². The van der Waals surface area contributed by atoms with Crippen LogP contribution in [0, 0.1) is 12.8 Å². The second kappa shape index (κ2) is 6.26. The van der Waals surface area contributed by atoms with Gasteiger partial charge in [0.25, 0.3) is 0 Å². The van der Waals surface area contributed by atoms with Gasteiger partial charge < -0.3 is 16.0 Å². The second-order valence-electron chi connectivity index (χ2n) is 5.79. The first-order chi connectivity index (χ1) is 9.90. The maximum atomic E-state index is 12.0. The average molecular weight is 289 g/mol. The van der Waals surface area contributed by atoms with Gasteiger partial charge in [-0.25, -0.2) is 0 Å². The Labute approximate surface area is 125 Å². The molecule has 1 fully saturated rings. The highest BCUT2D eigenvalue weighted by Crippen LogP contribution is 2.27. The van der Waals surface area contributed by atoms with Gasteiger partial charge in [0, 0.05) is 30.4 Å². The third-order valence-corrected chi connectivity index (χ3v) is 4.03. The number of aryl methyl sites for hydroxylation is 1. The number of carbonyl (C=O) groups excluding carboxylic acids is 2. The molecule has 1 saturated heterocycles. The zero-order valence-corrected chi connectivity index (χ0v) is 12.8. The van der Waals surface area contributed by atoms with Gasteiger partial charge in [-0.05, 0) is 44.0 Å². The number of nitrogens with zero attached hydrogens (tertiary/aromatic N) is 1. The number of anilines is 2. The van der Waals surface area contributed by atoms with Gasteiger partial charge in [-0.2, -0.15) is 0 Å². The van der Waals surface area contributed by atoms with Crippen molar-refractivity contribution in [1.29, 1.82) is 0 Å². The first kappa shape index (κ1) is 15.5. The summed E-state index contributed by atoms with van der Waals surface area (Å²) in [6.45, 7) is 6.35. The van der Waals surface area contributed by atoms with Crippen molar-refractivity contribution < 1.29 is 9.59 Å². The molecule has 0 bridgehead atoms. The Morgan fingerprint density at radius 2 is 2.10 bits per heavy atom. The number of hydrogen-bond acceptors (Lipinski definition) is 3. The number of benzene rings is 1. The van der Waals surface area contributed by atoms with Crippen LogP contribution < -0.4 is 16.0 Å². The molecule has 0 aliphatic carbocycles. The van der Waals surface area contributed by atoms with Crippen molar-refractivity contribution in [2.45, 2.75) is 39.7 Å². The highest BCUT2D eigenvalue weighted by Gasteiger charge is 2.23. The predicted molar refractivity (Wildman–Crippen MR) is 84.2 cm³/mol. The minimum absolute atomic E-state index is 0.0885. The van der Waals surface area contributed by atoms with Crippen LogP contribution in [0.4, 0.5) is 11.4 Å². The lowest BCUT2D eigenvalue weighted by molar-refractivity contribution is -0.120. The van der Waals surface area contributed by atoms with Crippen molar-refractivity contribution in [3.05, 3.63) is 23.8 Å². The molecular formula is C16H23N3O2. The van der Waals surface area contributed by atoms with E-state index in [2.05, 4.69) is 5.32 Å². The quantitative estimate of drug-likeness (QED) is 0.890. The summed E-state index contributed by atoms with van der Waals surface area (Å²) in [6.07, 6.45) is 1.52. The maximum absolute atomic E-state index is 12.0. The Morgan fingerprint density at radius 1 is 1.38 bits per heavy atom. The molecule has 0 saturated carbocycles. The number of hydrogen-bond donors (Lipinski definition) is 2. The molecule has 0 radical (unpaired) electrons. The van der Waals surface area contributed by atoms with Crippen LogP contribution in [0.5, 0.6) is 0 Å². The van der Waals surface area contributed by atoms with Gasteiger partial charge in [-0.15, -0.1) is 0 Å². The average Bonchev–Trinajstić information content (AvgIpc) is 2.84. The fourth-order valence-corrected chi connectivity index (χ4v) is 2.43. The summed E-state index contributed by atoms with van der Waals surface area (Å²) < 4.78 is 0. The first-order valence-corrected chi connectivity index (χ1v) is 7.37. The van der Waals surface area contributed by atoms with Crippen molar-refractivity contribution in [2.24, 2.45) is 11.7 Å². The normalized spacial score (nSPS) is 17.7. The molecule has 21 heavy (non-hydrogen) atoms. The monoisotopic (exact) mass is 289 g/mol. The van der Waals surface area contributed by atoms with Crippen LogP contribution in [0.1, 0.15) is 32.3 Å². The van der Waals surface area contributed by atoms with Crippen LogP contribution in [0.2, 0.25) is 0 Å². The van der Waals surface area contributed by atoms with Crippen LogP contribution in [-0.4, -0.2) is 24.4 Å². The third kappa shape index (κ3) is 3.42. The van der Waals surface area contributed by atoms with E-state index < -0.39 is 0 Å². The summed E-state index contributed by atoms with van der Waals surface area (Å²) in [5.74, 6) is -0.167. The Morgan fingerprint density at radius 3 is 2.62 bits per heavy atom. The zero-order valence-electron chi connectivity index (χ0n) is 12.8. The summed E-state index contributed by atoms with van der Waals surface area (Å²) in [7, 11) is 0. The molecule has 0 spiro atoms. The van der Waals surface area contributed by atoms with Crippen molar-refractivity contribution in [3.8, 4) is 0 Å². The molecule has 1 aromatic carbocycles. The van der Waals surface area contributed by atoms with E-state index in [-0.39, 0.29) is 23.8 Å². The molecule has 0 aromatic heterocycles. The highest BCUT2D eigenvalue weighted by molar-refractivity contribution is 5.97. The summed E-state index contributed by atoms with van der Waals surface area (Å²) in [5, 5.41) is 2.87. The molecule has 1 aliphatic heterocycles. The predicted octanol–water partition coefficient (Wildman–Crippen LogP) is 2.04. The van der Waals surface area contributed by atoms with E-state index in [0.717, 1.165) is 29.9 Å². The topological polar surface area (TPSA) is 75.4 Å². The van der Waals surface area contributed by atoms with Gasteiger partial charge in [-0.1, -0.05) is 6.92 Å². The van der Waals surface area contributed by atoms with Gasteiger partial charge in [-0.3, -0.25) is 9.59 Å². The molecule has 5 heteroatoms. The molecule has 1 aliphatic rings. The van der Waals surface area contributed by atoms with Gasteiger partial charge in [0.05, 0.1) is 5.92 Å². The van der Waals surface area contributed by atoms with Crippen molar-refractivity contribution in [2.75, 3.05) is 16.8 Å². The molecule has 1 heterocycles. The lowest BCUT2D eigenvalue weighted by Gasteiger charge is -2.20. The van der Waals surface area contributed by atoms with E-state index >= 15 is 0 Å². The SMILES string of the molecule is Cc1cc(NC(=O)C(C)C(C)N)ccc1N1CCCC1=O. The molecule has 2 amide bonds. The first-order valence-electron chi connectivity index (χ1n) is 7.37. The molecule has 2 rings (SSSR count). The standard InChI is InChI=1S/C16H23N3O2/c1-10-9-13(18-16(21)11(2)12(3)17)6-7-14(10)19-8-4-5-15(19)20/h6-7,9,11-12H,4-5,8,17H2,1-3H3,(H,18,21). The summed E-state index contributed by atoms with van der Waals surface area (Å²) in [4.78, 5) is 25.6. The fraction of sp³-hybridized carbons (Fsp3) is 0.500. The van der Waals surface area contributed by atoms with Gasteiger partial charge in [0.1, 0.15) is 0 Å². The van der Waals surface area contributed by atoms with Crippen LogP contribution in [-0.2, 0) is 9.59 Å². The van der Waals surface area contributed by atoms with Crippen molar-refractivity contribution in [3.63, 3.8) is 0 Å². The number of rotatable bonds is 4. The van der Waals surface area contributed by atoms with Crippen LogP contribution >= 0.6 is 0 Å².